The van der Waals surface area contributed by atoms with E-state index < -0.39 is 5.97 Å². The summed E-state index contributed by atoms with van der Waals surface area (Å²) in [6.07, 6.45) is 5.44. The quantitative estimate of drug-likeness (QED) is 0.533. The molecule has 0 spiro atoms. The van der Waals surface area contributed by atoms with Crippen molar-refractivity contribution >= 4 is 18.0 Å². The zero-order chi connectivity index (χ0) is 21.2. The molecule has 0 saturated heterocycles. The van der Waals surface area contributed by atoms with Gasteiger partial charge >= 0.3 is 5.97 Å². The van der Waals surface area contributed by atoms with E-state index in [4.69, 9.17) is 14.2 Å². The zero-order valence-electron chi connectivity index (χ0n) is 17.1. The maximum atomic E-state index is 12.0. The SMILES string of the molecule is C[C@@H](CCc1ccccc1)NC(=O)COC(=O)/C=C/c1ccc2c(c1)OCCCO2. The molecule has 2 aromatic carbocycles. The Morgan fingerprint density at radius 1 is 1.10 bits per heavy atom. The molecule has 1 amide bonds. The van der Waals surface area contributed by atoms with Crippen molar-refractivity contribution in [3.63, 3.8) is 0 Å². The first kappa shape index (κ1) is 21.4. The predicted molar refractivity (Wildman–Crippen MR) is 114 cm³/mol. The van der Waals surface area contributed by atoms with E-state index in [2.05, 4.69) is 17.4 Å². The molecule has 0 aliphatic carbocycles. The largest absolute Gasteiger partial charge is 0.490 e. The number of amides is 1. The smallest absolute Gasteiger partial charge is 0.331 e. The summed E-state index contributed by atoms with van der Waals surface area (Å²) in [7, 11) is 0. The van der Waals surface area contributed by atoms with Gasteiger partial charge in [0.05, 0.1) is 13.2 Å². The summed E-state index contributed by atoms with van der Waals surface area (Å²) < 4.78 is 16.2. The summed E-state index contributed by atoms with van der Waals surface area (Å²) in [5, 5.41) is 2.85. The Morgan fingerprint density at radius 2 is 1.87 bits per heavy atom. The second kappa shape index (κ2) is 11.0. The van der Waals surface area contributed by atoms with Crippen molar-refractivity contribution in [2.75, 3.05) is 19.8 Å². The van der Waals surface area contributed by atoms with Crippen molar-refractivity contribution in [1.29, 1.82) is 0 Å². The van der Waals surface area contributed by atoms with E-state index >= 15 is 0 Å². The fraction of sp³-hybridized carbons (Fsp3) is 0.333. The normalized spacial score (nSPS) is 14.0. The topological polar surface area (TPSA) is 73.9 Å². The molecule has 158 valence electrons. The molecular formula is C24H27NO5. The van der Waals surface area contributed by atoms with Crippen LogP contribution < -0.4 is 14.8 Å². The highest BCUT2D eigenvalue weighted by Crippen LogP contribution is 2.30. The van der Waals surface area contributed by atoms with Crippen molar-refractivity contribution in [3.8, 4) is 11.5 Å². The van der Waals surface area contributed by atoms with E-state index in [9.17, 15) is 9.59 Å². The molecular weight excluding hydrogens is 382 g/mol. The fourth-order valence-electron chi connectivity index (χ4n) is 3.05. The lowest BCUT2D eigenvalue weighted by molar-refractivity contribution is -0.144. The first-order valence-electron chi connectivity index (χ1n) is 10.2. The van der Waals surface area contributed by atoms with Gasteiger partial charge in [0.25, 0.3) is 5.91 Å². The summed E-state index contributed by atoms with van der Waals surface area (Å²) in [5.74, 6) is 0.472. The Morgan fingerprint density at radius 3 is 2.67 bits per heavy atom. The van der Waals surface area contributed by atoms with Gasteiger partial charge in [0.1, 0.15) is 0 Å². The van der Waals surface area contributed by atoms with Crippen molar-refractivity contribution in [1.82, 2.24) is 5.32 Å². The van der Waals surface area contributed by atoms with Crippen molar-refractivity contribution in [2.24, 2.45) is 0 Å². The van der Waals surface area contributed by atoms with Crippen LogP contribution in [0.25, 0.3) is 6.08 Å². The molecule has 1 aliphatic rings. The third-order valence-corrected chi connectivity index (χ3v) is 4.65. The molecule has 1 N–H and O–H groups in total. The number of carbonyl (C=O) groups is 2. The van der Waals surface area contributed by atoms with Gasteiger partial charge in [-0.2, -0.15) is 0 Å². The van der Waals surface area contributed by atoms with Gasteiger partial charge in [-0.3, -0.25) is 4.79 Å². The standard InChI is InChI=1S/C24H27NO5/c1-18(8-9-19-6-3-2-4-7-19)25-23(26)17-30-24(27)13-11-20-10-12-21-22(16-20)29-15-5-14-28-21/h2-4,6-7,10-13,16,18H,5,8-9,14-15,17H2,1H3,(H,25,26)/b13-11+/t18-/m0/s1. The molecule has 6 nitrogen and oxygen atoms in total. The lowest BCUT2D eigenvalue weighted by Gasteiger charge is -2.13. The summed E-state index contributed by atoms with van der Waals surface area (Å²) in [4.78, 5) is 23.9. The van der Waals surface area contributed by atoms with Gasteiger partial charge in [0.2, 0.25) is 0 Å². The average molecular weight is 409 g/mol. The minimum Gasteiger partial charge on any atom is -0.490 e. The lowest BCUT2D eigenvalue weighted by atomic mass is 10.1. The highest BCUT2D eigenvalue weighted by molar-refractivity contribution is 5.89. The minimum atomic E-state index is -0.575. The molecule has 1 aliphatic heterocycles. The monoisotopic (exact) mass is 409 g/mol. The molecule has 0 saturated carbocycles. The molecule has 6 heteroatoms. The van der Waals surface area contributed by atoms with Gasteiger partial charge < -0.3 is 19.5 Å². The van der Waals surface area contributed by atoms with Crippen LogP contribution in [-0.2, 0) is 20.7 Å². The molecule has 30 heavy (non-hydrogen) atoms. The molecule has 0 unspecified atom stereocenters. The Labute approximate surface area is 176 Å². The molecule has 2 aromatic rings. The van der Waals surface area contributed by atoms with Crippen LogP contribution in [0.15, 0.2) is 54.6 Å². The van der Waals surface area contributed by atoms with Crippen LogP contribution in [0, 0.1) is 0 Å². The van der Waals surface area contributed by atoms with Gasteiger partial charge in [-0.15, -0.1) is 0 Å². The number of nitrogens with one attached hydrogen (secondary N) is 1. The molecule has 3 rings (SSSR count). The fourth-order valence-corrected chi connectivity index (χ4v) is 3.05. The summed E-state index contributed by atoms with van der Waals surface area (Å²) >= 11 is 0. The van der Waals surface area contributed by atoms with Crippen LogP contribution in [0.1, 0.15) is 30.9 Å². The van der Waals surface area contributed by atoms with Gasteiger partial charge in [-0.25, -0.2) is 4.79 Å². The summed E-state index contributed by atoms with van der Waals surface area (Å²) in [6.45, 7) is 2.86. The first-order valence-corrected chi connectivity index (χ1v) is 10.2. The second-order valence-electron chi connectivity index (χ2n) is 7.19. The van der Waals surface area contributed by atoms with Crippen LogP contribution in [0.5, 0.6) is 11.5 Å². The number of carbonyl (C=O) groups excluding carboxylic acids is 2. The van der Waals surface area contributed by atoms with Crippen molar-refractivity contribution in [2.45, 2.75) is 32.2 Å². The number of hydrogen-bond donors (Lipinski definition) is 1. The van der Waals surface area contributed by atoms with Crippen molar-refractivity contribution in [3.05, 3.63) is 65.7 Å². The highest BCUT2D eigenvalue weighted by atomic mass is 16.5. The number of benzene rings is 2. The number of aryl methyl sites for hydroxylation is 1. The van der Waals surface area contributed by atoms with Gasteiger partial charge in [0.15, 0.2) is 18.1 Å². The van der Waals surface area contributed by atoms with Crippen LogP contribution in [-0.4, -0.2) is 37.7 Å². The Hall–Kier alpha value is -3.28. The van der Waals surface area contributed by atoms with E-state index in [-0.39, 0.29) is 18.6 Å². The van der Waals surface area contributed by atoms with E-state index in [1.54, 1.807) is 6.08 Å². The number of esters is 1. The Kier molecular flexibility index (Phi) is 7.89. The Bertz CT molecular complexity index is 878. The van der Waals surface area contributed by atoms with Gasteiger partial charge in [-0.05, 0) is 49.1 Å². The third-order valence-electron chi connectivity index (χ3n) is 4.65. The summed E-state index contributed by atoms with van der Waals surface area (Å²) in [5.41, 5.74) is 2.01. The minimum absolute atomic E-state index is 0.00579. The van der Waals surface area contributed by atoms with Crippen LogP contribution in [0.4, 0.5) is 0 Å². The molecule has 0 aromatic heterocycles. The van der Waals surface area contributed by atoms with Crippen LogP contribution in [0.3, 0.4) is 0 Å². The van der Waals surface area contributed by atoms with E-state index in [0.717, 1.165) is 24.8 Å². The number of ether oxygens (including phenoxy) is 3. The van der Waals surface area contributed by atoms with Crippen LogP contribution >= 0.6 is 0 Å². The summed E-state index contributed by atoms with van der Waals surface area (Å²) in [6, 6.07) is 15.5. The average Bonchev–Trinajstić information content (AvgIpc) is 3.00. The number of rotatable bonds is 8. The third kappa shape index (κ3) is 6.95. The lowest BCUT2D eigenvalue weighted by Crippen LogP contribution is -2.36. The van der Waals surface area contributed by atoms with E-state index in [1.165, 1.54) is 11.6 Å². The maximum Gasteiger partial charge on any atom is 0.331 e. The van der Waals surface area contributed by atoms with Gasteiger partial charge in [0, 0.05) is 18.5 Å². The molecule has 0 fully saturated rings. The number of fused-ring (bicyclic) bond motifs is 1. The molecule has 1 atom stereocenters. The highest BCUT2D eigenvalue weighted by Gasteiger charge is 2.11. The predicted octanol–water partition coefficient (Wildman–Crippen LogP) is 3.54. The molecule has 0 bridgehead atoms. The van der Waals surface area contributed by atoms with E-state index in [0.29, 0.717) is 24.7 Å². The number of hydrogen-bond acceptors (Lipinski definition) is 5. The first-order chi connectivity index (χ1) is 14.6. The van der Waals surface area contributed by atoms with E-state index in [1.807, 2.05) is 43.3 Å². The zero-order valence-corrected chi connectivity index (χ0v) is 17.1. The maximum absolute atomic E-state index is 12.0. The molecule has 0 radical (unpaired) electrons. The van der Waals surface area contributed by atoms with Crippen molar-refractivity contribution < 1.29 is 23.8 Å². The van der Waals surface area contributed by atoms with Crippen LogP contribution in [0.2, 0.25) is 0 Å². The van der Waals surface area contributed by atoms with Gasteiger partial charge in [-0.1, -0.05) is 36.4 Å². The Balaban J connectivity index is 1.39. The second-order valence-corrected chi connectivity index (χ2v) is 7.19. The molecule has 1 heterocycles.